The molecule has 5 heteroatoms. The van der Waals surface area contributed by atoms with E-state index in [1.807, 2.05) is 15.9 Å². The van der Waals surface area contributed by atoms with Crippen LogP contribution in [0.1, 0.15) is 70.1 Å². The van der Waals surface area contributed by atoms with Crippen LogP contribution in [0.4, 0.5) is 0 Å². The number of H-pyrrole nitrogens is 1. The van der Waals surface area contributed by atoms with Crippen molar-refractivity contribution in [3.8, 4) is 0 Å². The lowest BCUT2D eigenvalue weighted by Crippen LogP contribution is -2.44. The molecular weight excluding hydrogens is 446 g/mol. The van der Waals surface area contributed by atoms with Gasteiger partial charge in [-0.1, -0.05) is 76.6 Å². The normalized spacial score (nSPS) is 13.7. The van der Waals surface area contributed by atoms with E-state index in [0.717, 1.165) is 43.2 Å². The monoisotopic (exact) mass is 487 g/mol. The van der Waals surface area contributed by atoms with Crippen LogP contribution in [0.15, 0.2) is 54.7 Å². The first kappa shape index (κ1) is 26.0. The average Bonchev–Trinajstić information content (AvgIpc) is 3.63. The van der Waals surface area contributed by atoms with E-state index in [1.165, 1.54) is 16.5 Å². The van der Waals surface area contributed by atoms with Crippen LogP contribution in [0.2, 0.25) is 0 Å². The molecule has 1 aliphatic rings. The highest BCUT2D eigenvalue weighted by Gasteiger charge is 2.34. The van der Waals surface area contributed by atoms with E-state index >= 15 is 0 Å². The molecule has 0 atom stereocenters. The first-order valence-corrected chi connectivity index (χ1v) is 13.5. The molecule has 0 spiro atoms. The number of aromatic amines is 1. The summed E-state index contributed by atoms with van der Waals surface area (Å²) in [4.78, 5) is 33.6. The summed E-state index contributed by atoms with van der Waals surface area (Å²) >= 11 is 0. The van der Waals surface area contributed by atoms with Gasteiger partial charge >= 0.3 is 0 Å². The van der Waals surface area contributed by atoms with Gasteiger partial charge in [-0.25, -0.2) is 0 Å². The molecule has 1 heterocycles. The summed E-state index contributed by atoms with van der Waals surface area (Å²) in [7, 11) is 0. The van der Waals surface area contributed by atoms with Crippen molar-refractivity contribution in [3.63, 3.8) is 0 Å². The minimum absolute atomic E-state index is 0.0276. The molecule has 1 aromatic heterocycles. The lowest BCUT2D eigenvalue weighted by Gasteiger charge is -2.28. The van der Waals surface area contributed by atoms with Crippen molar-refractivity contribution in [3.05, 3.63) is 71.4 Å². The van der Waals surface area contributed by atoms with E-state index in [2.05, 4.69) is 81.3 Å². The standard InChI is InChI=1S/C31H41N3O2/c1-5-6-18-34(30(36)24-13-14-24)22-29(35)33(21-23-11-15-26(16-12-23)31(2,3)4)19-17-25-20-32-28-10-8-7-9-27(25)28/h7-12,15-16,20,24,32H,5-6,13-14,17-19,21-22H2,1-4H3. The molecule has 1 fully saturated rings. The topological polar surface area (TPSA) is 56.4 Å². The number of fused-ring (bicyclic) bond motifs is 1. The molecule has 0 unspecified atom stereocenters. The summed E-state index contributed by atoms with van der Waals surface area (Å²) < 4.78 is 0. The number of nitrogens with one attached hydrogen (secondary N) is 1. The highest BCUT2D eigenvalue weighted by atomic mass is 16.2. The summed E-state index contributed by atoms with van der Waals surface area (Å²) in [6, 6.07) is 16.9. The van der Waals surface area contributed by atoms with Crippen molar-refractivity contribution in [2.75, 3.05) is 19.6 Å². The number of aromatic nitrogens is 1. The third kappa shape index (κ3) is 6.57. The van der Waals surface area contributed by atoms with Gasteiger partial charge in [-0.2, -0.15) is 0 Å². The Kier molecular flexibility index (Phi) is 8.17. The van der Waals surface area contributed by atoms with Crippen molar-refractivity contribution in [2.24, 2.45) is 5.92 Å². The van der Waals surface area contributed by atoms with Gasteiger partial charge in [0, 0.05) is 42.7 Å². The summed E-state index contributed by atoms with van der Waals surface area (Å²) in [5.41, 5.74) is 4.81. The lowest BCUT2D eigenvalue weighted by atomic mass is 9.87. The van der Waals surface area contributed by atoms with E-state index in [-0.39, 0.29) is 29.7 Å². The molecule has 0 bridgehead atoms. The van der Waals surface area contributed by atoms with Crippen LogP contribution in [0.25, 0.3) is 10.9 Å². The number of unbranched alkanes of at least 4 members (excludes halogenated alkanes) is 1. The quantitative estimate of drug-likeness (QED) is 0.357. The largest absolute Gasteiger partial charge is 0.361 e. The fraction of sp³-hybridized carbons (Fsp3) is 0.484. The SMILES string of the molecule is CCCCN(CC(=O)N(CCc1c[nH]c2ccccc12)Cc1ccc(C(C)(C)C)cc1)C(=O)C1CC1. The summed E-state index contributed by atoms with van der Waals surface area (Å²) in [6.45, 7) is 10.7. The Morgan fingerprint density at radius 3 is 2.36 bits per heavy atom. The molecule has 0 radical (unpaired) electrons. The van der Waals surface area contributed by atoms with Crippen molar-refractivity contribution < 1.29 is 9.59 Å². The smallest absolute Gasteiger partial charge is 0.242 e. The van der Waals surface area contributed by atoms with Gasteiger partial charge in [0.1, 0.15) is 0 Å². The third-order valence-corrected chi connectivity index (χ3v) is 7.22. The number of para-hydroxylation sites is 1. The number of nitrogens with zero attached hydrogens (tertiary/aromatic N) is 2. The number of amides is 2. The molecule has 5 nitrogen and oxygen atoms in total. The number of benzene rings is 2. The third-order valence-electron chi connectivity index (χ3n) is 7.22. The number of hydrogen-bond donors (Lipinski definition) is 1. The van der Waals surface area contributed by atoms with Crippen LogP contribution in [0.3, 0.4) is 0 Å². The molecular formula is C31H41N3O2. The maximum Gasteiger partial charge on any atom is 0.242 e. The van der Waals surface area contributed by atoms with Crippen molar-refractivity contribution in [2.45, 2.75) is 71.8 Å². The number of carbonyl (C=O) groups is 2. The predicted octanol–water partition coefficient (Wildman–Crippen LogP) is 6.08. The molecule has 1 N–H and O–H groups in total. The fourth-order valence-corrected chi connectivity index (χ4v) is 4.68. The first-order valence-electron chi connectivity index (χ1n) is 13.5. The minimum Gasteiger partial charge on any atom is -0.361 e. The second-order valence-electron chi connectivity index (χ2n) is 11.3. The Hall–Kier alpha value is -3.08. The van der Waals surface area contributed by atoms with E-state index in [4.69, 9.17) is 0 Å². The van der Waals surface area contributed by atoms with E-state index in [0.29, 0.717) is 19.6 Å². The van der Waals surface area contributed by atoms with Gasteiger partial charge in [0.25, 0.3) is 0 Å². The van der Waals surface area contributed by atoms with Crippen molar-refractivity contribution >= 4 is 22.7 Å². The van der Waals surface area contributed by atoms with Gasteiger partial charge < -0.3 is 14.8 Å². The minimum atomic E-state index is 0.0276. The molecule has 2 amide bonds. The Morgan fingerprint density at radius 1 is 0.972 bits per heavy atom. The molecule has 4 rings (SSSR count). The van der Waals surface area contributed by atoms with Crippen molar-refractivity contribution in [1.82, 2.24) is 14.8 Å². The molecule has 1 saturated carbocycles. The Morgan fingerprint density at radius 2 is 1.69 bits per heavy atom. The van der Waals surface area contributed by atoms with Crippen LogP contribution in [0.5, 0.6) is 0 Å². The van der Waals surface area contributed by atoms with Gasteiger partial charge in [-0.15, -0.1) is 0 Å². The molecule has 2 aromatic carbocycles. The Balaban J connectivity index is 1.51. The average molecular weight is 488 g/mol. The highest BCUT2D eigenvalue weighted by molar-refractivity contribution is 5.87. The van der Waals surface area contributed by atoms with Gasteiger partial charge in [-0.05, 0) is 53.9 Å². The Bertz CT molecular complexity index is 1170. The van der Waals surface area contributed by atoms with E-state index < -0.39 is 0 Å². The van der Waals surface area contributed by atoms with Crippen LogP contribution >= 0.6 is 0 Å². The van der Waals surface area contributed by atoms with Gasteiger partial charge in [0.15, 0.2) is 0 Å². The highest BCUT2D eigenvalue weighted by Crippen LogP contribution is 2.31. The maximum atomic E-state index is 13.6. The second kappa shape index (κ2) is 11.3. The molecule has 0 saturated heterocycles. The van der Waals surface area contributed by atoms with Crippen LogP contribution in [0, 0.1) is 5.92 Å². The zero-order valence-electron chi connectivity index (χ0n) is 22.3. The molecule has 1 aliphatic carbocycles. The fourth-order valence-electron chi connectivity index (χ4n) is 4.68. The number of hydrogen-bond acceptors (Lipinski definition) is 2. The number of carbonyl (C=O) groups excluding carboxylic acids is 2. The van der Waals surface area contributed by atoms with E-state index in [1.54, 1.807) is 0 Å². The second-order valence-corrected chi connectivity index (χ2v) is 11.3. The Labute approximate surface area is 215 Å². The number of rotatable bonds is 11. The zero-order chi connectivity index (χ0) is 25.7. The molecule has 3 aromatic rings. The molecule has 0 aliphatic heterocycles. The lowest BCUT2D eigenvalue weighted by molar-refractivity contribution is -0.141. The zero-order valence-corrected chi connectivity index (χ0v) is 22.3. The van der Waals surface area contributed by atoms with Gasteiger partial charge in [-0.3, -0.25) is 9.59 Å². The van der Waals surface area contributed by atoms with Crippen LogP contribution in [-0.2, 0) is 28.0 Å². The summed E-state index contributed by atoms with van der Waals surface area (Å²) in [5, 5.41) is 1.20. The van der Waals surface area contributed by atoms with E-state index in [9.17, 15) is 9.59 Å². The first-order chi connectivity index (χ1) is 17.3. The van der Waals surface area contributed by atoms with Crippen LogP contribution in [-0.4, -0.2) is 46.2 Å². The van der Waals surface area contributed by atoms with Crippen LogP contribution < -0.4 is 0 Å². The van der Waals surface area contributed by atoms with Gasteiger partial charge in [0.2, 0.25) is 11.8 Å². The van der Waals surface area contributed by atoms with Crippen molar-refractivity contribution in [1.29, 1.82) is 0 Å². The molecule has 192 valence electrons. The van der Waals surface area contributed by atoms with Gasteiger partial charge in [0.05, 0.1) is 6.54 Å². The maximum absolute atomic E-state index is 13.6. The molecule has 36 heavy (non-hydrogen) atoms. The predicted molar refractivity (Wildman–Crippen MR) is 147 cm³/mol. The summed E-state index contributed by atoms with van der Waals surface area (Å²) in [5.74, 6) is 0.307. The summed E-state index contributed by atoms with van der Waals surface area (Å²) in [6.07, 6.45) is 6.67.